The molecule has 0 radical (unpaired) electrons. The van der Waals surface area contributed by atoms with E-state index in [2.05, 4.69) is 25.0 Å². The first-order chi connectivity index (χ1) is 15.2. The Morgan fingerprint density at radius 2 is 1.71 bits per heavy atom. The molecule has 31 heavy (non-hydrogen) atoms. The molecule has 1 amide bonds. The van der Waals surface area contributed by atoms with E-state index < -0.39 is 0 Å². The van der Waals surface area contributed by atoms with Gasteiger partial charge in [-0.15, -0.1) is 0 Å². The Morgan fingerprint density at radius 1 is 1.00 bits per heavy atom. The lowest BCUT2D eigenvalue weighted by molar-refractivity contribution is -0.139. The summed E-state index contributed by atoms with van der Waals surface area (Å²) in [6.07, 6.45) is 5.70. The minimum atomic E-state index is 0.274. The molecule has 1 aromatic rings. The predicted molar refractivity (Wildman–Crippen MR) is 123 cm³/mol. The summed E-state index contributed by atoms with van der Waals surface area (Å²) in [4.78, 5) is 23.7. The highest BCUT2D eigenvalue weighted by atomic mass is 16.5. The molecule has 3 fully saturated rings. The van der Waals surface area contributed by atoms with E-state index in [0.717, 1.165) is 89.8 Å². The van der Waals surface area contributed by atoms with Crippen LogP contribution in [0.2, 0.25) is 0 Å². The lowest BCUT2D eigenvalue weighted by atomic mass is 9.84. The van der Waals surface area contributed by atoms with Gasteiger partial charge in [0.05, 0.1) is 0 Å². The van der Waals surface area contributed by atoms with Crippen molar-refractivity contribution in [1.82, 2.24) is 20.0 Å². The average molecular weight is 428 g/mol. The minimum Gasteiger partial charge on any atom is -0.490 e. The van der Waals surface area contributed by atoms with Crippen molar-refractivity contribution in [3.63, 3.8) is 0 Å². The smallest absolute Gasteiger partial charge is 0.225 e. The van der Waals surface area contributed by atoms with Crippen LogP contribution in [0.5, 0.6) is 5.75 Å². The van der Waals surface area contributed by atoms with Gasteiger partial charge in [0, 0.05) is 78.2 Å². The highest BCUT2D eigenvalue weighted by Crippen LogP contribution is 2.28. The number of rotatable bonds is 6. The van der Waals surface area contributed by atoms with Crippen molar-refractivity contribution >= 4 is 11.9 Å². The van der Waals surface area contributed by atoms with Crippen molar-refractivity contribution in [3.8, 4) is 5.75 Å². The van der Waals surface area contributed by atoms with Crippen LogP contribution in [0.25, 0.3) is 0 Å². The average Bonchev–Trinajstić information content (AvgIpc) is 2.77. The molecule has 2 aliphatic heterocycles. The van der Waals surface area contributed by atoms with Crippen LogP contribution in [0, 0.1) is 5.92 Å². The van der Waals surface area contributed by atoms with E-state index in [1.165, 1.54) is 6.42 Å². The van der Waals surface area contributed by atoms with E-state index in [4.69, 9.17) is 4.74 Å². The van der Waals surface area contributed by atoms with Crippen LogP contribution in [-0.4, -0.2) is 92.1 Å². The Hall–Kier alpha value is -2.28. The molecule has 1 aliphatic carbocycles. The first-order valence-corrected chi connectivity index (χ1v) is 11.9. The van der Waals surface area contributed by atoms with Gasteiger partial charge in [-0.2, -0.15) is 0 Å². The Bertz CT molecular complexity index is 721. The number of hydrogen-bond donors (Lipinski definition) is 1. The summed E-state index contributed by atoms with van der Waals surface area (Å²) in [5.41, 5.74) is 0. The van der Waals surface area contributed by atoms with Crippen LogP contribution in [0.4, 0.5) is 0 Å². The molecule has 3 aliphatic rings. The molecule has 7 nitrogen and oxygen atoms in total. The van der Waals surface area contributed by atoms with Crippen LogP contribution >= 0.6 is 0 Å². The number of para-hydroxylation sites is 1. The molecule has 0 atom stereocenters. The van der Waals surface area contributed by atoms with Gasteiger partial charge < -0.3 is 19.9 Å². The standard InChI is InChI=1S/C24H37N5O2/c1-25-24(29-13-10-22(11-14-29)31-21-8-3-2-4-9-21)26-12-15-27-16-18-28(19-17-27)23(30)20-6-5-7-20/h2-4,8-9,20,22H,5-7,10-19H2,1H3,(H,25,26). The zero-order valence-electron chi connectivity index (χ0n) is 18.8. The van der Waals surface area contributed by atoms with Crippen LogP contribution in [0.15, 0.2) is 35.3 Å². The lowest BCUT2D eigenvalue weighted by Crippen LogP contribution is -2.53. The van der Waals surface area contributed by atoms with Crippen molar-refractivity contribution in [2.75, 3.05) is 59.4 Å². The maximum Gasteiger partial charge on any atom is 0.225 e. The van der Waals surface area contributed by atoms with E-state index in [0.29, 0.717) is 11.8 Å². The van der Waals surface area contributed by atoms with Gasteiger partial charge in [-0.05, 0) is 25.0 Å². The van der Waals surface area contributed by atoms with E-state index in [9.17, 15) is 4.79 Å². The largest absolute Gasteiger partial charge is 0.490 e. The predicted octanol–water partition coefficient (Wildman–Crippen LogP) is 2.05. The van der Waals surface area contributed by atoms with Crippen molar-refractivity contribution in [1.29, 1.82) is 0 Å². The number of likely N-dealkylation sites (tertiary alicyclic amines) is 1. The van der Waals surface area contributed by atoms with Gasteiger partial charge >= 0.3 is 0 Å². The molecule has 1 aromatic carbocycles. The van der Waals surface area contributed by atoms with Gasteiger partial charge in [-0.1, -0.05) is 24.6 Å². The van der Waals surface area contributed by atoms with Gasteiger partial charge in [-0.25, -0.2) is 0 Å². The molecule has 4 rings (SSSR count). The fourth-order valence-electron chi connectivity index (χ4n) is 4.64. The molecular weight excluding hydrogens is 390 g/mol. The molecule has 1 saturated carbocycles. The van der Waals surface area contributed by atoms with Gasteiger partial charge in [-0.3, -0.25) is 14.7 Å². The molecule has 0 unspecified atom stereocenters. The molecule has 7 heteroatoms. The number of carbonyl (C=O) groups is 1. The summed E-state index contributed by atoms with van der Waals surface area (Å²) in [7, 11) is 1.86. The fourth-order valence-corrected chi connectivity index (χ4v) is 4.64. The number of piperidine rings is 1. The summed E-state index contributed by atoms with van der Waals surface area (Å²) >= 11 is 0. The number of carbonyl (C=O) groups excluding carboxylic acids is 1. The summed E-state index contributed by atoms with van der Waals surface area (Å²) in [6, 6.07) is 10.1. The Balaban J connectivity index is 1.12. The highest BCUT2D eigenvalue weighted by Gasteiger charge is 2.31. The van der Waals surface area contributed by atoms with Gasteiger partial charge in [0.25, 0.3) is 0 Å². The van der Waals surface area contributed by atoms with Gasteiger partial charge in [0.2, 0.25) is 5.91 Å². The number of benzene rings is 1. The van der Waals surface area contributed by atoms with Crippen LogP contribution < -0.4 is 10.1 Å². The number of nitrogens with one attached hydrogen (secondary N) is 1. The first-order valence-electron chi connectivity index (χ1n) is 11.9. The lowest BCUT2D eigenvalue weighted by Gasteiger charge is -2.38. The maximum absolute atomic E-state index is 12.4. The van der Waals surface area contributed by atoms with Crippen molar-refractivity contribution in [3.05, 3.63) is 30.3 Å². The normalized spacial score (nSPS) is 21.6. The second-order valence-corrected chi connectivity index (χ2v) is 8.89. The molecule has 170 valence electrons. The summed E-state index contributed by atoms with van der Waals surface area (Å²) in [5.74, 6) is 2.65. The summed E-state index contributed by atoms with van der Waals surface area (Å²) < 4.78 is 6.11. The summed E-state index contributed by atoms with van der Waals surface area (Å²) in [6.45, 7) is 7.47. The van der Waals surface area contributed by atoms with Crippen molar-refractivity contribution < 1.29 is 9.53 Å². The van der Waals surface area contributed by atoms with Crippen LogP contribution in [0.3, 0.4) is 0 Å². The monoisotopic (exact) mass is 427 g/mol. The Morgan fingerprint density at radius 3 is 2.32 bits per heavy atom. The number of hydrogen-bond acceptors (Lipinski definition) is 4. The molecule has 0 spiro atoms. The zero-order valence-corrected chi connectivity index (χ0v) is 18.8. The third kappa shape index (κ3) is 5.91. The van der Waals surface area contributed by atoms with Gasteiger partial charge in [0.15, 0.2) is 5.96 Å². The SMILES string of the molecule is CN=C(NCCN1CCN(C(=O)C2CCC2)CC1)N1CCC(Oc2ccccc2)CC1. The van der Waals surface area contributed by atoms with Crippen LogP contribution in [-0.2, 0) is 4.79 Å². The molecule has 0 aromatic heterocycles. The first kappa shape index (κ1) is 21.9. The zero-order chi connectivity index (χ0) is 21.5. The number of guanidine groups is 1. The number of ether oxygens (including phenoxy) is 1. The molecular formula is C24H37N5O2. The van der Waals surface area contributed by atoms with Gasteiger partial charge in [0.1, 0.15) is 11.9 Å². The summed E-state index contributed by atoms with van der Waals surface area (Å²) in [5, 5.41) is 3.53. The minimum absolute atomic E-state index is 0.274. The maximum atomic E-state index is 12.4. The molecule has 2 heterocycles. The second-order valence-electron chi connectivity index (χ2n) is 8.89. The fraction of sp³-hybridized carbons (Fsp3) is 0.667. The Labute approximate surface area is 186 Å². The van der Waals surface area contributed by atoms with Crippen molar-refractivity contribution in [2.45, 2.75) is 38.2 Å². The van der Waals surface area contributed by atoms with E-state index in [-0.39, 0.29) is 6.10 Å². The molecule has 2 saturated heterocycles. The highest BCUT2D eigenvalue weighted by molar-refractivity contribution is 5.80. The van der Waals surface area contributed by atoms with E-state index in [1.807, 2.05) is 37.4 Å². The Kier molecular flexibility index (Phi) is 7.67. The van der Waals surface area contributed by atoms with Crippen LogP contribution in [0.1, 0.15) is 32.1 Å². The quantitative estimate of drug-likeness (QED) is 0.556. The number of nitrogens with zero attached hydrogens (tertiary/aromatic N) is 4. The third-order valence-electron chi connectivity index (χ3n) is 6.85. The topological polar surface area (TPSA) is 60.4 Å². The molecule has 1 N–H and O–H groups in total. The second kappa shape index (κ2) is 10.8. The third-order valence-corrected chi connectivity index (χ3v) is 6.85. The van der Waals surface area contributed by atoms with E-state index >= 15 is 0 Å². The number of piperazine rings is 1. The number of aliphatic imine (C=N–C) groups is 1. The van der Waals surface area contributed by atoms with E-state index in [1.54, 1.807) is 0 Å². The van der Waals surface area contributed by atoms with Crippen molar-refractivity contribution in [2.24, 2.45) is 10.9 Å². The number of amides is 1. The molecule has 0 bridgehead atoms.